The summed E-state index contributed by atoms with van der Waals surface area (Å²) in [6, 6.07) is 12.0. The number of amides is 1. The second-order valence-corrected chi connectivity index (χ2v) is 6.39. The summed E-state index contributed by atoms with van der Waals surface area (Å²) in [5.41, 5.74) is 2.84. The minimum Gasteiger partial charge on any atom is -0.355 e. The van der Waals surface area contributed by atoms with Crippen molar-refractivity contribution in [2.75, 3.05) is 6.54 Å². The van der Waals surface area contributed by atoms with Crippen LogP contribution in [0.25, 0.3) is 5.69 Å². The SMILES string of the molecule is CCc1nc(CC(=O)NCCc2ccn(-c3ccccc3)n2)cs1. The Morgan fingerprint density at radius 2 is 2.04 bits per heavy atom. The molecule has 3 rings (SSSR count). The van der Waals surface area contributed by atoms with Gasteiger partial charge in [-0.3, -0.25) is 4.79 Å². The summed E-state index contributed by atoms with van der Waals surface area (Å²) in [6.07, 6.45) is 3.90. The molecule has 0 saturated heterocycles. The molecule has 0 unspecified atom stereocenters. The average molecular weight is 340 g/mol. The molecule has 2 heterocycles. The van der Waals surface area contributed by atoms with E-state index in [1.165, 1.54) is 0 Å². The van der Waals surface area contributed by atoms with E-state index in [0.717, 1.165) is 28.5 Å². The molecule has 0 spiro atoms. The Morgan fingerprint density at radius 1 is 1.21 bits per heavy atom. The summed E-state index contributed by atoms with van der Waals surface area (Å²) in [7, 11) is 0. The molecule has 6 heteroatoms. The van der Waals surface area contributed by atoms with Crippen LogP contribution in [-0.4, -0.2) is 27.2 Å². The second kappa shape index (κ2) is 7.88. The standard InChI is InChI=1S/C18H20N4OS/c1-2-18-20-15(13-24-18)12-17(23)19-10-8-14-9-11-22(21-14)16-6-4-3-5-7-16/h3-7,9,11,13H,2,8,10,12H2,1H3,(H,19,23). The van der Waals surface area contributed by atoms with E-state index in [9.17, 15) is 4.79 Å². The van der Waals surface area contributed by atoms with Gasteiger partial charge >= 0.3 is 0 Å². The number of nitrogens with one attached hydrogen (secondary N) is 1. The van der Waals surface area contributed by atoms with Crippen LogP contribution < -0.4 is 5.32 Å². The molecule has 0 aliphatic heterocycles. The zero-order chi connectivity index (χ0) is 16.8. The molecule has 0 aliphatic carbocycles. The van der Waals surface area contributed by atoms with E-state index in [-0.39, 0.29) is 5.91 Å². The normalized spacial score (nSPS) is 10.7. The summed E-state index contributed by atoms with van der Waals surface area (Å²) >= 11 is 1.61. The third-order valence-electron chi connectivity index (χ3n) is 3.61. The van der Waals surface area contributed by atoms with Gasteiger partial charge in [0, 0.05) is 24.5 Å². The molecule has 0 aliphatic rings. The highest BCUT2D eigenvalue weighted by atomic mass is 32.1. The number of thiazole rings is 1. The fourth-order valence-electron chi connectivity index (χ4n) is 2.37. The lowest BCUT2D eigenvalue weighted by atomic mass is 10.3. The van der Waals surface area contributed by atoms with Crippen molar-refractivity contribution in [1.82, 2.24) is 20.1 Å². The number of carbonyl (C=O) groups excluding carboxylic acids is 1. The van der Waals surface area contributed by atoms with Gasteiger partial charge in [0.15, 0.2) is 0 Å². The second-order valence-electron chi connectivity index (χ2n) is 5.45. The fourth-order valence-corrected chi connectivity index (χ4v) is 3.11. The van der Waals surface area contributed by atoms with Gasteiger partial charge in [-0.05, 0) is 24.6 Å². The van der Waals surface area contributed by atoms with Crippen LogP contribution in [0.4, 0.5) is 0 Å². The summed E-state index contributed by atoms with van der Waals surface area (Å²) in [6.45, 7) is 2.65. The Kier molecular flexibility index (Phi) is 5.38. The molecule has 5 nitrogen and oxygen atoms in total. The van der Waals surface area contributed by atoms with Gasteiger partial charge in [-0.15, -0.1) is 11.3 Å². The minimum atomic E-state index is 0.00504. The van der Waals surface area contributed by atoms with Crippen LogP contribution in [0.3, 0.4) is 0 Å². The highest BCUT2D eigenvalue weighted by Gasteiger charge is 2.07. The van der Waals surface area contributed by atoms with Crippen molar-refractivity contribution in [3.8, 4) is 5.69 Å². The number of aryl methyl sites for hydroxylation is 1. The van der Waals surface area contributed by atoms with Crippen LogP contribution in [0.2, 0.25) is 0 Å². The Bertz CT molecular complexity index is 794. The van der Waals surface area contributed by atoms with E-state index >= 15 is 0 Å². The molecule has 0 saturated carbocycles. The van der Waals surface area contributed by atoms with Crippen molar-refractivity contribution < 1.29 is 4.79 Å². The van der Waals surface area contributed by atoms with E-state index in [1.54, 1.807) is 11.3 Å². The first-order valence-corrected chi connectivity index (χ1v) is 8.92. The van der Waals surface area contributed by atoms with Gasteiger partial charge in [-0.2, -0.15) is 5.10 Å². The van der Waals surface area contributed by atoms with Gasteiger partial charge < -0.3 is 5.32 Å². The van der Waals surface area contributed by atoms with Gasteiger partial charge in [0.25, 0.3) is 0 Å². The first-order valence-electron chi connectivity index (χ1n) is 8.04. The molecule has 0 radical (unpaired) electrons. The van der Waals surface area contributed by atoms with E-state index in [0.29, 0.717) is 19.4 Å². The van der Waals surface area contributed by atoms with E-state index in [1.807, 2.05) is 52.7 Å². The molecule has 1 N–H and O–H groups in total. The number of benzene rings is 1. The van der Waals surface area contributed by atoms with Crippen molar-refractivity contribution >= 4 is 17.2 Å². The maximum Gasteiger partial charge on any atom is 0.226 e. The average Bonchev–Trinajstić information content (AvgIpc) is 3.25. The maximum absolute atomic E-state index is 12.0. The highest BCUT2D eigenvalue weighted by molar-refractivity contribution is 7.09. The minimum absolute atomic E-state index is 0.00504. The van der Waals surface area contributed by atoms with E-state index in [4.69, 9.17) is 0 Å². The van der Waals surface area contributed by atoms with Crippen molar-refractivity contribution in [2.45, 2.75) is 26.2 Å². The maximum atomic E-state index is 12.0. The first kappa shape index (κ1) is 16.4. The van der Waals surface area contributed by atoms with Gasteiger partial charge in [-0.1, -0.05) is 25.1 Å². The molecule has 24 heavy (non-hydrogen) atoms. The largest absolute Gasteiger partial charge is 0.355 e. The Balaban J connectivity index is 1.46. The van der Waals surface area contributed by atoms with Crippen molar-refractivity contribution in [3.05, 3.63) is 64.4 Å². The van der Waals surface area contributed by atoms with Crippen molar-refractivity contribution in [2.24, 2.45) is 0 Å². The Labute approximate surface area is 145 Å². The lowest BCUT2D eigenvalue weighted by molar-refractivity contribution is -0.120. The Hall–Kier alpha value is -2.47. The number of rotatable bonds is 7. The van der Waals surface area contributed by atoms with Gasteiger partial charge in [0.05, 0.1) is 28.5 Å². The molecule has 1 aromatic carbocycles. The zero-order valence-corrected chi connectivity index (χ0v) is 14.4. The van der Waals surface area contributed by atoms with Gasteiger partial charge in [-0.25, -0.2) is 9.67 Å². The number of aromatic nitrogens is 3. The fraction of sp³-hybridized carbons (Fsp3) is 0.278. The van der Waals surface area contributed by atoms with Crippen LogP contribution in [0.5, 0.6) is 0 Å². The predicted octanol–water partition coefficient (Wildman–Crippen LogP) is 2.79. The third-order valence-corrected chi connectivity index (χ3v) is 4.65. The van der Waals surface area contributed by atoms with Crippen molar-refractivity contribution in [3.63, 3.8) is 0 Å². The molecule has 2 aromatic heterocycles. The van der Waals surface area contributed by atoms with Gasteiger partial charge in [0.1, 0.15) is 0 Å². The number of nitrogens with zero attached hydrogens (tertiary/aromatic N) is 3. The molecule has 3 aromatic rings. The molecule has 0 atom stereocenters. The first-order chi connectivity index (χ1) is 11.7. The molecular weight excluding hydrogens is 320 g/mol. The van der Waals surface area contributed by atoms with E-state index < -0.39 is 0 Å². The number of carbonyl (C=O) groups is 1. The quantitative estimate of drug-likeness (QED) is 0.719. The molecular formula is C18H20N4OS. The molecule has 0 bridgehead atoms. The summed E-state index contributed by atoms with van der Waals surface area (Å²) in [5, 5.41) is 10.5. The molecule has 1 amide bonds. The van der Waals surface area contributed by atoms with Crippen LogP contribution in [0.15, 0.2) is 48.0 Å². The third kappa shape index (κ3) is 4.29. The summed E-state index contributed by atoms with van der Waals surface area (Å²) in [5.74, 6) is 0.00504. The zero-order valence-electron chi connectivity index (χ0n) is 13.6. The summed E-state index contributed by atoms with van der Waals surface area (Å²) < 4.78 is 1.85. The van der Waals surface area contributed by atoms with Crippen molar-refractivity contribution in [1.29, 1.82) is 0 Å². The van der Waals surface area contributed by atoms with Crippen LogP contribution in [-0.2, 0) is 24.1 Å². The Morgan fingerprint density at radius 3 is 2.79 bits per heavy atom. The van der Waals surface area contributed by atoms with E-state index in [2.05, 4.69) is 22.3 Å². The number of para-hydroxylation sites is 1. The van der Waals surface area contributed by atoms with Crippen LogP contribution in [0, 0.1) is 0 Å². The topological polar surface area (TPSA) is 59.8 Å². The van der Waals surface area contributed by atoms with Crippen LogP contribution >= 0.6 is 11.3 Å². The van der Waals surface area contributed by atoms with Gasteiger partial charge in [0.2, 0.25) is 5.91 Å². The lowest BCUT2D eigenvalue weighted by Crippen LogP contribution is -2.27. The monoisotopic (exact) mass is 340 g/mol. The lowest BCUT2D eigenvalue weighted by Gasteiger charge is -2.03. The number of hydrogen-bond acceptors (Lipinski definition) is 4. The highest BCUT2D eigenvalue weighted by Crippen LogP contribution is 2.10. The summed E-state index contributed by atoms with van der Waals surface area (Å²) in [4.78, 5) is 16.4. The predicted molar refractivity (Wildman–Crippen MR) is 95.5 cm³/mol. The molecule has 0 fully saturated rings. The van der Waals surface area contributed by atoms with Crippen LogP contribution in [0.1, 0.15) is 23.3 Å². The molecule has 124 valence electrons. The number of hydrogen-bond donors (Lipinski definition) is 1. The smallest absolute Gasteiger partial charge is 0.226 e.